The second kappa shape index (κ2) is 6.60. The summed E-state index contributed by atoms with van der Waals surface area (Å²) in [7, 11) is 0. The number of nitrogens with one attached hydrogen (secondary N) is 1. The van der Waals surface area contributed by atoms with Crippen molar-refractivity contribution in [3.05, 3.63) is 75.3 Å². The highest BCUT2D eigenvalue weighted by Crippen LogP contribution is 2.25. The zero-order valence-electron chi connectivity index (χ0n) is 13.6. The molecule has 0 saturated carbocycles. The number of hydrogen-bond acceptors (Lipinski definition) is 5. The van der Waals surface area contributed by atoms with Crippen LogP contribution in [0.15, 0.2) is 54.1 Å². The van der Waals surface area contributed by atoms with Crippen LogP contribution in [0.3, 0.4) is 0 Å². The Morgan fingerprint density at radius 3 is 2.50 bits per heavy atom. The molecule has 8 heteroatoms. The lowest BCUT2D eigenvalue weighted by atomic mass is 10.0. The van der Waals surface area contributed by atoms with Crippen molar-refractivity contribution in [2.24, 2.45) is 0 Å². The van der Waals surface area contributed by atoms with Crippen LogP contribution in [0.4, 0.5) is 16.2 Å². The second-order valence-corrected chi connectivity index (χ2v) is 5.59. The zero-order valence-corrected chi connectivity index (χ0v) is 13.6. The fourth-order valence-corrected chi connectivity index (χ4v) is 2.54. The van der Waals surface area contributed by atoms with Crippen molar-refractivity contribution < 1.29 is 19.3 Å². The summed E-state index contributed by atoms with van der Waals surface area (Å²) in [5, 5.41) is 13.0. The molecule has 0 atom stereocenters. The van der Waals surface area contributed by atoms with Crippen LogP contribution in [0.2, 0.25) is 0 Å². The van der Waals surface area contributed by atoms with Crippen LogP contribution in [0.5, 0.6) is 0 Å². The molecule has 0 bridgehead atoms. The summed E-state index contributed by atoms with van der Waals surface area (Å²) in [6, 6.07) is 11.2. The third-order valence-electron chi connectivity index (χ3n) is 3.89. The molecule has 4 amide bonds. The maximum absolute atomic E-state index is 12.7. The van der Waals surface area contributed by atoms with Crippen molar-refractivity contribution in [3.63, 3.8) is 0 Å². The molecule has 0 spiro atoms. The zero-order chi connectivity index (χ0) is 18.8. The Labute approximate surface area is 147 Å². The van der Waals surface area contributed by atoms with Crippen molar-refractivity contribution in [2.75, 3.05) is 4.90 Å². The van der Waals surface area contributed by atoms with Crippen molar-refractivity contribution >= 4 is 35.3 Å². The van der Waals surface area contributed by atoms with Crippen LogP contribution in [-0.2, 0) is 9.59 Å². The van der Waals surface area contributed by atoms with Gasteiger partial charge in [0.15, 0.2) is 0 Å². The smallest absolute Gasteiger partial charge is 0.273 e. The minimum atomic E-state index is -0.956. The number of benzene rings is 2. The van der Waals surface area contributed by atoms with E-state index in [9.17, 15) is 24.5 Å². The molecule has 26 heavy (non-hydrogen) atoms. The van der Waals surface area contributed by atoms with Gasteiger partial charge in [-0.15, -0.1) is 0 Å². The number of amides is 4. The van der Waals surface area contributed by atoms with Crippen LogP contribution >= 0.6 is 0 Å². The van der Waals surface area contributed by atoms with Gasteiger partial charge in [0.25, 0.3) is 17.5 Å². The third-order valence-corrected chi connectivity index (χ3v) is 3.89. The van der Waals surface area contributed by atoms with Crippen molar-refractivity contribution in [2.45, 2.75) is 6.92 Å². The molecule has 1 heterocycles. The fourth-order valence-electron chi connectivity index (χ4n) is 2.54. The minimum absolute atomic E-state index is 0.00452. The van der Waals surface area contributed by atoms with Crippen LogP contribution in [0.1, 0.15) is 11.1 Å². The number of nitro benzene ring substituents is 1. The molecule has 3 rings (SSSR count). The Bertz CT molecular complexity index is 980. The van der Waals surface area contributed by atoms with E-state index in [0.717, 1.165) is 11.6 Å². The van der Waals surface area contributed by atoms with Crippen LogP contribution < -0.4 is 10.2 Å². The number of hydrogen-bond donors (Lipinski definition) is 1. The van der Waals surface area contributed by atoms with Crippen LogP contribution in [-0.4, -0.2) is 22.8 Å². The number of anilines is 1. The molecule has 130 valence electrons. The Balaban J connectivity index is 2.05. The van der Waals surface area contributed by atoms with Crippen molar-refractivity contribution in [3.8, 4) is 0 Å². The van der Waals surface area contributed by atoms with Crippen molar-refractivity contribution in [1.29, 1.82) is 0 Å². The first-order valence-corrected chi connectivity index (χ1v) is 7.60. The van der Waals surface area contributed by atoms with Gasteiger partial charge in [-0.05, 0) is 30.2 Å². The van der Waals surface area contributed by atoms with Crippen LogP contribution in [0.25, 0.3) is 6.08 Å². The average molecular weight is 351 g/mol. The summed E-state index contributed by atoms with van der Waals surface area (Å²) in [4.78, 5) is 48.0. The van der Waals surface area contributed by atoms with E-state index in [0.29, 0.717) is 10.5 Å². The van der Waals surface area contributed by atoms with E-state index in [-0.39, 0.29) is 16.9 Å². The van der Waals surface area contributed by atoms with Gasteiger partial charge in [0.05, 0.1) is 10.6 Å². The second-order valence-electron chi connectivity index (χ2n) is 5.59. The summed E-state index contributed by atoms with van der Waals surface area (Å²) in [5.74, 6) is -1.66. The maximum Gasteiger partial charge on any atom is 0.335 e. The Morgan fingerprint density at radius 1 is 1.08 bits per heavy atom. The van der Waals surface area contributed by atoms with E-state index in [1.807, 2.05) is 19.1 Å². The molecular formula is C18H13N3O5. The van der Waals surface area contributed by atoms with Gasteiger partial charge in [-0.3, -0.25) is 25.0 Å². The van der Waals surface area contributed by atoms with Crippen LogP contribution in [0, 0.1) is 17.0 Å². The SMILES string of the molecule is Cc1ccccc1/C=C1\C(=O)NC(=O)N(c2cccc([N+](=O)[O-])c2)C1=O. The van der Waals surface area contributed by atoms with Gasteiger partial charge in [-0.25, -0.2) is 9.69 Å². The van der Waals surface area contributed by atoms with E-state index in [4.69, 9.17) is 0 Å². The highest BCUT2D eigenvalue weighted by molar-refractivity contribution is 6.39. The lowest BCUT2D eigenvalue weighted by Gasteiger charge is -2.26. The number of imide groups is 2. The number of nitrogens with zero attached hydrogens (tertiary/aromatic N) is 2. The molecular weight excluding hydrogens is 338 g/mol. The summed E-state index contributed by atoms with van der Waals surface area (Å²) in [5.41, 5.74) is 0.999. The lowest BCUT2D eigenvalue weighted by Crippen LogP contribution is -2.54. The predicted molar refractivity (Wildman–Crippen MR) is 93.3 cm³/mol. The Kier molecular flexibility index (Phi) is 4.32. The molecule has 0 aliphatic carbocycles. The van der Waals surface area contributed by atoms with Gasteiger partial charge in [-0.2, -0.15) is 0 Å². The molecule has 1 N–H and O–H groups in total. The minimum Gasteiger partial charge on any atom is -0.273 e. The highest BCUT2D eigenvalue weighted by atomic mass is 16.6. The maximum atomic E-state index is 12.7. The molecule has 0 unspecified atom stereocenters. The van der Waals surface area contributed by atoms with Gasteiger partial charge < -0.3 is 0 Å². The van der Waals surface area contributed by atoms with Gasteiger partial charge >= 0.3 is 6.03 Å². The first kappa shape index (κ1) is 17.0. The topological polar surface area (TPSA) is 110 Å². The number of carbonyl (C=O) groups is 3. The molecule has 1 aliphatic rings. The number of aryl methyl sites for hydroxylation is 1. The molecule has 0 radical (unpaired) electrons. The highest BCUT2D eigenvalue weighted by Gasteiger charge is 2.37. The van der Waals surface area contributed by atoms with Gasteiger partial charge in [0.1, 0.15) is 5.57 Å². The number of urea groups is 1. The fraction of sp³-hybridized carbons (Fsp3) is 0.0556. The summed E-state index contributed by atoms with van der Waals surface area (Å²) >= 11 is 0. The largest absolute Gasteiger partial charge is 0.335 e. The van der Waals surface area contributed by atoms with Crippen molar-refractivity contribution in [1.82, 2.24) is 5.32 Å². The monoisotopic (exact) mass is 351 g/mol. The first-order chi connectivity index (χ1) is 12.4. The molecule has 8 nitrogen and oxygen atoms in total. The van der Waals surface area contributed by atoms with E-state index in [1.165, 1.54) is 24.3 Å². The van der Waals surface area contributed by atoms with E-state index >= 15 is 0 Å². The normalized spacial score (nSPS) is 16.0. The molecule has 0 aromatic heterocycles. The number of non-ortho nitro benzene ring substituents is 1. The summed E-state index contributed by atoms with van der Waals surface area (Å²) in [6.07, 6.45) is 1.39. The summed E-state index contributed by atoms with van der Waals surface area (Å²) < 4.78 is 0. The molecule has 1 fully saturated rings. The standard InChI is InChI=1S/C18H13N3O5/c1-11-5-2-3-6-12(11)9-15-16(22)19-18(24)20(17(15)23)13-7-4-8-14(10-13)21(25)26/h2-10H,1H3,(H,19,22,24)/b15-9+. The predicted octanol–water partition coefficient (Wildman–Crippen LogP) is 2.57. The van der Waals surface area contributed by atoms with E-state index in [1.54, 1.807) is 12.1 Å². The molecule has 2 aromatic rings. The molecule has 1 saturated heterocycles. The number of nitro groups is 1. The number of rotatable bonds is 3. The quantitative estimate of drug-likeness (QED) is 0.395. The first-order valence-electron chi connectivity index (χ1n) is 7.60. The van der Waals surface area contributed by atoms with E-state index < -0.39 is 22.8 Å². The van der Waals surface area contributed by atoms with E-state index in [2.05, 4.69) is 5.32 Å². The number of barbiturate groups is 1. The Hall–Kier alpha value is -3.81. The third kappa shape index (κ3) is 3.07. The van der Waals surface area contributed by atoms with Gasteiger partial charge in [-0.1, -0.05) is 30.3 Å². The Morgan fingerprint density at radius 2 is 1.81 bits per heavy atom. The lowest BCUT2D eigenvalue weighted by molar-refractivity contribution is -0.384. The van der Waals surface area contributed by atoms with Gasteiger partial charge in [0, 0.05) is 12.1 Å². The average Bonchev–Trinajstić information content (AvgIpc) is 2.60. The molecule has 2 aromatic carbocycles. The summed E-state index contributed by atoms with van der Waals surface area (Å²) in [6.45, 7) is 1.82. The molecule has 1 aliphatic heterocycles. The number of carbonyl (C=O) groups excluding carboxylic acids is 3. The van der Waals surface area contributed by atoms with Gasteiger partial charge in [0.2, 0.25) is 0 Å².